The predicted molar refractivity (Wildman–Crippen MR) is 166 cm³/mol. The van der Waals surface area contributed by atoms with Gasteiger partial charge in [0.15, 0.2) is 0 Å². The Hall–Kier alpha value is -1.13. The van der Waals surface area contributed by atoms with E-state index in [9.17, 15) is 0 Å². The van der Waals surface area contributed by atoms with E-state index in [-0.39, 0.29) is 0 Å². The highest BCUT2D eigenvalue weighted by Crippen LogP contribution is 2.61. The van der Waals surface area contributed by atoms with Gasteiger partial charge in [-0.3, -0.25) is 0 Å². The van der Waals surface area contributed by atoms with Gasteiger partial charge in [0.1, 0.15) is 0 Å². The molecule has 37 heavy (non-hydrogen) atoms. The van der Waals surface area contributed by atoms with E-state index in [1.54, 1.807) is 25.7 Å². The lowest BCUT2D eigenvalue weighted by atomic mass is 9.71. The van der Waals surface area contributed by atoms with Crippen LogP contribution in [-0.4, -0.2) is 15.2 Å². The lowest BCUT2D eigenvalue weighted by Crippen LogP contribution is -2.76. The van der Waals surface area contributed by atoms with Crippen molar-refractivity contribution in [1.82, 2.24) is 0 Å². The molecule has 2 heteroatoms. The molecule has 200 valence electrons. The average Bonchev–Trinajstić information content (AvgIpc) is 3.70. The van der Waals surface area contributed by atoms with Gasteiger partial charge >= 0.3 is 0 Å². The van der Waals surface area contributed by atoms with Crippen LogP contribution in [0.15, 0.2) is 60.7 Å². The summed E-state index contributed by atoms with van der Waals surface area (Å²) in [7, 11) is -3.63. The minimum absolute atomic E-state index is 0.968. The first-order valence-electron chi connectivity index (χ1n) is 16.2. The number of hydrogen-bond donors (Lipinski definition) is 0. The van der Waals surface area contributed by atoms with E-state index >= 15 is 0 Å². The second kappa shape index (κ2) is 10.8. The maximum atomic E-state index is 2.95. The molecular formula is C35H52Si2. The summed E-state index contributed by atoms with van der Waals surface area (Å²) in [6.07, 6.45) is 19.6. The molecule has 0 spiro atoms. The third-order valence-corrected chi connectivity index (χ3v) is 33.0. The Labute approximate surface area is 229 Å². The zero-order valence-corrected chi connectivity index (χ0v) is 26.0. The summed E-state index contributed by atoms with van der Waals surface area (Å²) in [4.78, 5) is 0. The molecular weight excluding hydrogens is 477 g/mol. The SMILES string of the molecule is CCCCC1CCC([Si](C)(c2ccccc2)[Si](C)(c2ccccc2)C2CCC3CC4CCCC4CC32)C1. The Morgan fingerprint density at radius 3 is 1.97 bits per heavy atom. The van der Waals surface area contributed by atoms with Crippen molar-refractivity contribution in [2.24, 2.45) is 29.6 Å². The van der Waals surface area contributed by atoms with Crippen molar-refractivity contribution >= 4 is 25.6 Å². The Balaban J connectivity index is 1.45. The van der Waals surface area contributed by atoms with Gasteiger partial charge in [-0.1, -0.05) is 155 Å². The van der Waals surface area contributed by atoms with Gasteiger partial charge in [0.2, 0.25) is 0 Å². The van der Waals surface area contributed by atoms with Gasteiger partial charge in [0.05, 0.1) is 15.2 Å². The van der Waals surface area contributed by atoms with Crippen LogP contribution in [0.4, 0.5) is 0 Å². The van der Waals surface area contributed by atoms with Crippen LogP contribution in [0.2, 0.25) is 24.2 Å². The Kier molecular flexibility index (Phi) is 7.62. The molecule has 9 atom stereocenters. The normalized spacial score (nSPS) is 36.5. The summed E-state index contributed by atoms with van der Waals surface area (Å²) in [5.41, 5.74) is 1.96. The average molecular weight is 529 g/mol. The van der Waals surface area contributed by atoms with Crippen LogP contribution >= 0.6 is 0 Å². The Morgan fingerprint density at radius 2 is 1.30 bits per heavy atom. The van der Waals surface area contributed by atoms with Crippen molar-refractivity contribution in [3.63, 3.8) is 0 Å². The van der Waals surface area contributed by atoms with E-state index in [1.165, 1.54) is 57.8 Å². The summed E-state index contributed by atoms with van der Waals surface area (Å²) in [6, 6.07) is 24.5. The molecule has 4 saturated carbocycles. The molecule has 0 bridgehead atoms. The highest BCUT2D eigenvalue weighted by Gasteiger charge is 2.63. The lowest BCUT2D eigenvalue weighted by molar-refractivity contribution is 0.156. The van der Waals surface area contributed by atoms with E-state index in [4.69, 9.17) is 0 Å². The smallest absolute Gasteiger partial charge is 0.0667 e. The standard InChI is InChI=1S/C35H52Si2/c1-4-5-13-27-20-22-33(24-27)36(2,31-16-8-6-9-17-31)37(3,32-18-10-7-11-19-32)35-23-21-30-25-28-14-12-15-29(28)26-34(30)35/h6-11,16-19,27-30,33-35H,4-5,12-15,20-26H2,1-3H3. The molecule has 0 saturated heterocycles. The predicted octanol–water partition coefficient (Wildman–Crippen LogP) is 9.00. The quantitative estimate of drug-likeness (QED) is 0.300. The first-order chi connectivity index (χ1) is 18.1. The third kappa shape index (κ3) is 4.46. The zero-order chi connectivity index (χ0) is 25.5. The van der Waals surface area contributed by atoms with Crippen LogP contribution in [-0.2, 0) is 0 Å². The third-order valence-electron chi connectivity index (χ3n) is 12.9. The van der Waals surface area contributed by atoms with Crippen molar-refractivity contribution in [3.05, 3.63) is 60.7 Å². The van der Waals surface area contributed by atoms with Crippen LogP contribution in [0.1, 0.15) is 90.4 Å². The van der Waals surface area contributed by atoms with E-state index in [0.717, 1.165) is 40.7 Å². The van der Waals surface area contributed by atoms with E-state index in [0.29, 0.717) is 0 Å². The topological polar surface area (TPSA) is 0 Å². The lowest BCUT2D eigenvalue weighted by Gasteiger charge is -2.54. The number of unbranched alkanes of at least 4 members (excludes halogenated alkanes) is 1. The van der Waals surface area contributed by atoms with Gasteiger partial charge in [0, 0.05) is 0 Å². The summed E-state index contributed by atoms with van der Waals surface area (Å²) in [5, 5.41) is 3.64. The van der Waals surface area contributed by atoms with Gasteiger partial charge in [-0.05, 0) is 59.9 Å². The minimum atomic E-state index is -1.83. The van der Waals surface area contributed by atoms with Crippen molar-refractivity contribution in [1.29, 1.82) is 0 Å². The fraction of sp³-hybridized carbons (Fsp3) is 0.657. The molecule has 9 unspecified atom stereocenters. The van der Waals surface area contributed by atoms with Crippen molar-refractivity contribution in [2.75, 3.05) is 0 Å². The molecule has 4 aliphatic carbocycles. The van der Waals surface area contributed by atoms with Crippen LogP contribution in [0, 0.1) is 29.6 Å². The molecule has 6 rings (SSSR count). The zero-order valence-electron chi connectivity index (χ0n) is 24.0. The molecule has 4 fully saturated rings. The number of fused-ring (bicyclic) bond motifs is 2. The van der Waals surface area contributed by atoms with E-state index in [1.807, 2.05) is 10.4 Å². The van der Waals surface area contributed by atoms with Crippen molar-refractivity contribution in [3.8, 4) is 0 Å². The largest absolute Gasteiger partial charge is 0.0859 e. The first-order valence-corrected chi connectivity index (χ1v) is 22.3. The molecule has 0 amide bonds. The first kappa shape index (κ1) is 26.1. The summed E-state index contributed by atoms with van der Waals surface area (Å²) < 4.78 is 0. The fourth-order valence-corrected chi connectivity index (χ4v) is 31.1. The van der Waals surface area contributed by atoms with Crippen LogP contribution < -0.4 is 10.4 Å². The highest BCUT2D eigenvalue weighted by molar-refractivity contribution is 7.51. The van der Waals surface area contributed by atoms with E-state index in [2.05, 4.69) is 80.7 Å². The second-order valence-corrected chi connectivity index (χ2v) is 27.9. The highest BCUT2D eigenvalue weighted by atomic mass is 29.3. The molecule has 0 aliphatic heterocycles. The maximum absolute atomic E-state index is 2.95. The maximum Gasteiger partial charge on any atom is 0.0859 e. The molecule has 0 radical (unpaired) electrons. The fourth-order valence-electron chi connectivity index (χ4n) is 10.8. The second-order valence-electron chi connectivity index (χ2n) is 14.2. The number of benzene rings is 2. The van der Waals surface area contributed by atoms with Gasteiger partial charge < -0.3 is 0 Å². The summed E-state index contributed by atoms with van der Waals surface area (Å²) in [6.45, 7) is 8.27. The molecule has 2 aromatic rings. The van der Waals surface area contributed by atoms with Crippen LogP contribution in [0.25, 0.3) is 0 Å². The van der Waals surface area contributed by atoms with Gasteiger partial charge in [-0.25, -0.2) is 0 Å². The van der Waals surface area contributed by atoms with Crippen molar-refractivity contribution < 1.29 is 0 Å². The van der Waals surface area contributed by atoms with Gasteiger partial charge in [0.25, 0.3) is 0 Å². The molecule has 0 aromatic heterocycles. The minimum Gasteiger partial charge on any atom is -0.0667 e. The Morgan fingerprint density at radius 1 is 0.649 bits per heavy atom. The molecule has 4 aliphatic rings. The molecule has 0 nitrogen and oxygen atoms in total. The van der Waals surface area contributed by atoms with E-state index < -0.39 is 15.2 Å². The van der Waals surface area contributed by atoms with Crippen molar-refractivity contribution in [2.45, 2.75) is 115 Å². The van der Waals surface area contributed by atoms with Crippen LogP contribution in [0.5, 0.6) is 0 Å². The summed E-state index contributed by atoms with van der Waals surface area (Å²) in [5.74, 6) is 5.18. The Bertz CT molecular complexity index is 1020. The molecule has 0 N–H and O–H groups in total. The molecule has 2 aromatic carbocycles. The molecule has 0 heterocycles. The number of hydrogen-bond acceptors (Lipinski definition) is 0. The van der Waals surface area contributed by atoms with Gasteiger partial charge in [-0.15, -0.1) is 0 Å². The summed E-state index contributed by atoms with van der Waals surface area (Å²) >= 11 is 0. The number of rotatable bonds is 8. The van der Waals surface area contributed by atoms with Gasteiger partial charge in [-0.2, -0.15) is 0 Å². The van der Waals surface area contributed by atoms with Crippen LogP contribution in [0.3, 0.4) is 0 Å². The monoisotopic (exact) mass is 528 g/mol.